The standard InChI is InChI=1S/C32H37N3OSi2/c1-21-12-13-26(30(36)16-21)32-34-31-27(18-25(38(6,7)8)20-29(31)35(32)2)22-10-9-11-23(17-22)28-19-24(14-15-33-28)37(3,4)5/h9-20,36H,1-8H3. The maximum absolute atomic E-state index is 10.8. The van der Waals surface area contributed by atoms with E-state index in [-0.39, 0.29) is 5.75 Å². The molecule has 0 saturated carbocycles. The number of aryl methyl sites for hydroxylation is 2. The van der Waals surface area contributed by atoms with Crippen LogP contribution in [0.4, 0.5) is 0 Å². The summed E-state index contributed by atoms with van der Waals surface area (Å²) < 4.78 is 2.12. The van der Waals surface area contributed by atoms with Crippen LogP contribution in [0.15, 0.2) is 72.9 Å². The van der Waals surface area contributed by atoms with Crippen molar-refractivity contribution in [3.63, 3.8) is 0 Å². The van der Waals surface area contributed by atoms with E-state index in [1.807, 2.05) is 32.3 Å². The number of imidazole rings is 1. The van der Waals surface area contributed by atoms with Crippen molar-refractivity contribution in [1.82, 2.24) is 14.5 Å². The van der Waals surface area contributed by atoms with Crippen LogP contribution in [0.25, 0.3) is 44.8 Å². The lowest BCUT2D eigenvalue weighted by molar-refractivity contribution is 0.476. The molecule has 38 heavy (non-hydrogen) atoms. The molecule has 0 aliphatic rings. The number of rotatable bonds is 5. The molecule has 0 radical (unpaired) electrons. The fourth-order valence-corrected chi connectivity index (χ4v) is 7.20. The number of hydrogen-bond acceptors (Lipinski definition) is 3. The van der Waals surface area contributed by atoms with Gasteiger partial charge in [-0.2, -0.15) is 0 Å². The molecular formula is C32H37N3OSi2. The summed E-state index contributed by atoms with van der Waals surface area (Å²) in [6, 6.07) is 23.5. The number of nitrogens with zero attached hydrogens (tertiary/aromatic N) is 3. The molecule has 194 valence electrons. The molecule has 5 aromatic rings. The Labute approximate surface area is 228 Å². The van der Waals surface area contributed by atoms with E-state index in [9.17, 15) is 5.11 Å². The Bertz CT molecular complexity index is 1670. The molecular weight excluding hydrogens is 499 g/mol. The fourth-order valence-electron chi connectivity index (χ4n) is 4.91. The molecule has 5 rings (SSSR count). The second-order valence-corrected chi connectivity index (χ2v) is 22.6. The molecule has 2 heterocycles. The van der Waals surface area contributed by atoms with Crippen LogP contribution < -0.4 is 10.4 Å². The minimum atomic E-state index is -1.63. The number of phenolic OH excluding ortho intramolecular Hbond substituents is 1. The zero-order valence-electron chi connectivity index (χ0n) is 23.7. The summed E-state index contributed by atoms with van der Waals surface area (Å²) in [5, 5.41) is 13.5. The van der Waals surface area contributed by atoms with Gasteiger partial charge < -0.3 is 9.67 Å². The van der Waals surface area contributed by atoms with Crippen LogP contribution in [0, 0.1) is 6.92 Å². The van der Waals surface area contributed by atoms with E-state index < -0.39 is 16.1 Å². The van der Waals surface area contributed by atoms with Crippen molar-refractivity contribution < 1.29 is 5.11 Å². The van der Waals surface area contributed by atoms with E-state index in [2.05, 4.69) is 92.4 Å². The van der Waals surface area contributed by atoms with Crippen LogP contribution in [0.3, 0.4) is 0 Å². The summed E-state index contributed by atoms with van der Waals surface area (Å²) in [7, 11) is -1.04. The van der Waals surface area contributed by atoms with Crippen LogP contribution in [0.2, 0.25) is 39.3 Å². The first kappa shape index (κ1) is 26.1. The van der Waals surface area contributed by atoms with Gasteiger partial charge >= 0.3 is 0 Å². The van der Waals surface area contributed by atoms with Crippen LogP contribution in [-0.2, 0) is 7.05 Å². The number of aromatic nitrogens is 3. The Morgan fingerprint density at radius 3 is 2.13 bits per heavy atom. The Morgan fingerprint density at radius 2 is 1.45 bits per heavy atom. The number of pyridine rings is 1. The summed E-state index contributed by atoms with van der Waals surface area (Å²) >= 11 is 0. The third-order valence-electron chi connectivity index (χ3n) is 7.34. The molecule has 0 aliphatic carbocycles. The van der Waals surface area contributed by atoms with Crippen molar-refractivity contribution >= 4 is 37.6 Å². The third kappa shape index (κ3) is 4.86. The van der Waals surface area contributed by atoms with Gasteiger partial charge in [0.1, 0.15) is 11.6 Å². The zero-order chi connectivity index (χ0) is 27.4. The van der Waals surface area contributed by atoms with Gasteiger partial charge in [-0.1, -0.05) is 80.0 Å². The highest BCUT2D eigenvalue weighted by atomic mass is 28.3. The van der Waals surface area contributed by atoms with Crippen LogP contribution in [-0.4, -0.2) is 35.8 Å². The molecule has 6 heteroatoms. The largest absolute Gasteiger partial charge is 0.507 e. The van der Waals surface area contributed by atoms with Crippen molar-refractivity contribution in [2.24, 2.45) is 7.05 Å². The average Bonchev–Trinajstić information content (AvgIpc) is 3.19. The molecule has 0 atom stereocenters. The SMILES string of the molecule is Cc1ccc(-c2nc3c(-c4cccc(-c5cc([Si](C)(C)C)ccn5)c4)cc([Si](C)(C)C)cc3n2C)c(O)c1. The Kier molecular flexibility index (Phi) is 6.44. The number of fused-ring (bicyclic) bond motifs is 1. The number of hydrogen-bond donors (Lipinski definition) is 1. The molecule has 0 unspecified atom stereocenters. The van der Waals surface area contributed by atoms with Gasteiger partial charge in [-0.25, -0.2) is 4.98 Å². The number of benzene rings is 3. The van der Waals surface area contributed by atoms with E-state index in [1.165, 1.54) is 10.4 Å². The lowest BCUT2D eigenvalue weighted by Crippen LogP contribution is -2.37. The lowest BCUT2D eigenvalue weighted by atomic mass is 10.00. The van der Waals surface area contributed by atoms with Gasteiger partial charge in [-0.05, 0) is 54.4 Å². The quantitative estimate of drug-likeness (QED) is 0.245. The van der Waals surface area contributed by atoms with Gasteiger partial charge in [0.05, 0.1) is 38.4 Å². The van der Waals surface area contributed by atoms with Gasteiger partial charge in [0.2, 0.25) is 0 Å². The fraction of sp³-hybridized carbons (Fsp3) is 0.250. The smallest absolute Gasteiger partial charge is 0.144 e. The topological polar surface area (TPSA) is 50.9 Å². The van der Waals surface area contributed by atoms with Crippen molar-refractivity contribution in [3.8, 4) is 39.5 Å². The Balaban J connectivity index is 1.73. The lowest BCUT2D eigenvalue weighted by Gasteiger charge is -2.19. The molecule has 0 bridgehead atoms. The first-order valence-electron chi connectivity index (χ1n) is 13.2. The highest BCUT2D eigenvalue weighted by Gasteiger charge is 2.23. The highest BCUT2D eigenvalue weighted by Crippen LogP contribution is 2.36. The maximum atomic E-state index is 10.8. The van der Waals surface area contributed by atoms with Crippen LogP contribution in [0.5, 0.6) is 5.75 Å². The van der Waals surface area contributed by atoms with Gasteiger partial charge in [-0.3, -0.25) is 4.98 Å². The monoisotopic (exact) mass is 535 g/mol. The summed E-state index contributed by atoms with van der Waals surface area (Å²) in [5.41, 5.74) is 8.18. The van der Waals surface area contributed by atoms with Crippen LogP contribution in [0.1, 0.15) is 5.56 Å². The predicted molar refractivity (Wildman–Crippen MR) is 167 cm³/mol. The third-order valence-corrected chi connectivity index (χ3v) is 11.4. The molecule has 4 nitrogen and oxygen atoms in total. The number of aromatic hydroxyl groups is 1. The molecule has 0 saturated heterocycles. The minimum absolute atomic E-state index is 0.255. The molecule has 2 aromatic heterocycles. The number of phenols is 1. The van der Waals surface area contributed by atoms with Crippen molar-refractivity contribution in [3.05, 3.63) is 78.5 Å². The van der Waals surface area contributed by atoms with E-state index in [0.717, 1.165) is 50.4 Å². The first-order chi connectivity index (χ1) is 17.8. The maximum Gasteiger partial charge on any atom is 0.144 e. The van der Waals surface area contributed by atoms with E-state index in [4.69, 9.17) is 9.97 Å². The average molecular weight is 536 g/mol. The molecule has 0 spiro atoms. The van der Waals surface area contributed by atoms with Crippen molar-refractivity contribution in [2.75, 3.05) is 0 Å². The van der Waals surface area contributed by atoms with Gasteiger partial charge in [0.25, 0.3) is 0 Å². The molecule has 1 N–H and O–H groups in total. The minimum Gasteiger partial charge on any atom is -0.507 e. The summed E-state index contributed by atoms with van der Waals surface area (Å²) in [4.78, 5) is 9.86. The van der Waals surface area contributed by atoms with E-state index in [1.54, 1.807) is 6.07 Å². The predicted octanol–water partition coefficient (Wildman–Crippen LogP) is 7.07. The van der Waals surface area contributed by atoms with Gasteiger partial charge in [-0.15, -0.1) is 0 Å². The van der Waals surface area contributed by atoms with Crippen molar-refractivity contribution in [2.45, 2.75) is 46.2 Å². The summed E-state index contributed by atoms with van der Waals surface area (Å²) in [6.07, 6.45) is 1.94. The van der Waals surface area contributed by atoms with E-state index >= 15 is 0 Å². The van der Waals surface area contributed by atoms with Gasteiger partial charge in [0.15, 0.2) is 0 Å². The van der Waals surface area contributed by atoms with Gasteiger partial charge in [0, 0.05) is 24.4 Å². The molecule has 3 aromatic carbocycles. The zero-order valence-corrected chi connectivity index (χ0v) is 25.7. The second kappa shape index (κ2) is 9.36. The Hall–Kier alpha value is -3.49. The molecule has 0 amide bonds. The molecule has 0 fully saturated rings. The van der Waals surface area contributed by atoms with Crippen LogP contribution >= 0.6 is 0 Å². The summed E-state index contributed by atoms with van der Waals surface area (Å²) in [6.45, 7) is 16.2. The summed E-state index contributed by atoms with van der Waals surface area (Å²) in [5.74, 6) is 1.03. The normalized spacial score (nSPS) is 12.3. The Morgan fingerprint density at radius 1 is 0.737 bits per heavy atom. The first-order valence-corrected chi connectivity index (χ1v) is 20.2. The highest BCUT2D eigenvalue weighted by molar-refractivity contribution is 6.89. The molecule has 0 aliphatic heterocycles. The van der Waals surface area contributed by atoms with Crippen molar-refractivity contribution in [1.29, 1.82) is 0 Å². The van der Waals surface area contributed by atoms with E-state index in [0.29, 0.717) is 0 Å². The second-order valence-electron chi connectivity index (χ2n) is 12.4.